The van der Waals surface area contributed by atoms with Gasteiger partial charge in [0.25, 0.3) is 0 Å². The summed E-state index contributed by atoms with van der Waals surface area (Å²) in [6, 6.07) is 0. The van der Waals surface area contributed by atoms with Gasteiger partial charge in [-0.1, -0.05) is 27.2 Å². The van der Waals surface area contributed by atoms with E-state index >= 15 is 0 Å². The quantitative estimate of drug-likeness (QED) is 0.769. The van der Waals surface area contributed by atoms with Crippen molar-refractivity contribution in [2.24, 2.45) is 11.7 Å². The van der Waals surface area contributed by atoms with Crippen LogP contribution in [0.3, 0.4) is 0 Å². The topological polar surface area (TPSA) is 32.5 Å². The maximum atomic E-state index is 6.32. The van der Waals surface area contributed by atoms with Crippen LogP contribution in [0.25, 0.3) is 0 Å². The van der Waals surface area contributed by atoms with Gasteiger partial charge in [0.05, 0.1) is 0 Å². The molecule has 3 nitrogen and oxygen atoms in total. The van der Waals surface area contributed by atoms with Crippen molar-refractivity contribution in [3.8, 4) is 0 Å². The predicted octanol–water partition coefficient (Wildman–Crippen LogP) is 1.78. The molecule has 0 bridgehead atoms. The Hall–Kier alpha value is -0.120. The standard InChI is InChI=1S/C14H31N3/c1-5-6-14(4,15)12-17-9-7-16(8-10-17)11-13(2)3/h13H,5-12,15H2,1-4H3. The Morgan fingerprint density at radius 2 is 1.65 bits per heavy atom. The first-order valence-corrected chi connectivity index (χ1v) is 7.16. The fourth-order valence-corrected chi connectivity index (χ4v) is 2.81. The van der Waals surface area contributed by atoms with Crippen LogP contribution in [0.15, 0.2) is 0 Å². The summed E-state index contributed by atoms with van der Waals surface area (Å²) in [6.07, 6.45) is 2.31. The molecular formula is C14H31N3. The molecule has 0 spiro atoms. The Morgan fingerprint density at radius 1 is 1.12 bits per heavy atom. The third-order valence-corrected chi connectivity index (χ3v) is 3.49. The van der Waals surface area contributed by atoms with Crippen molar-refractivity contribution in [1.82, 2.24) is 9.80 Å². The molecule has 102 valence electrons. The number of hydrogen-bond donors (Lipinski definition) is 1. The van der Waals surface area contributed by atoms with Gasteiger partial charge in [-0.05, 0) is 19.3 Å². The highest BCUT2D eigenvalue weighted by Gasteiger charge is 2.24. The maximum Gasteiger partial charge on any atom is 0.0254 e. The number of rotatable bonds is 6. The lowest BCUT2D eigenvalue weighted by Crippen LogP contribution is -2.54. The van der Waals surface area contributed by atoms with Crippen molar-refractivity contribution in [3.63, 3.8) is 0 Å². The molecule has 0 aromatic rings. The van der Waals surface area contributed by atoms with Crippen molar-refractivity contribution >= 4 is 0 Å². The summed E-state index contributed by atoms with van der Waals surface area (Å²) in [5.74, 6) is 0.779. The van der Waals surface area contributed by atoms with Gasteiger partial charge in [-0.3, -0.25) is 4.90 Å². The summed E-state index contributed by atoms with van der Waals surface area (Å²) in [4.78, 5) is 5.11. The summed E-state index contributed by atoms with van der Waals surface area (Å²) < 4.78 is 0. The van der Waals surface area contributed by atoms with Crippen molar-refractivity contribution < 1.29 is 0 Å². The van der Waals surface area contributed by atoms with E-state index < -0.39 is 0 Å². The molecule has 1 unspecified atom stereocenters. The molecule has 2 N–H and O–H groups in total. The molecule has 0 amide bonds. The highest BCUT2D eigenvalue weighted by Crippen LogP contribution is 2.13. The Kier molecular flexibility index (Phi) is 5.90. The zero-order valence-corrected chi connectivity index (χ0v) is 12.2. The normalized spacial score (nSPS) is 22.9. The summed E-state index contributed by atoms with van der Waals surface area (Å²) in [5, 5.41) is 0. The van der Waals surface area contributed by atoms with Crippen LogP contribution < -0.4 is 5.73 Å². The van der Waals surface area contributed by atoms with Crippen molar-refractivity contribution in [2.45, 2.75) is 46.1 Å². The first-order valence-electron chi connectivity index (χ1n) is 7.16. The molecular weight excluding hydrogens is 210 g/mol. The first kappa shape index (κ1) is 14.9. The summed E-state index contributed by atoms with van der Waals surface area (Å²) in [6.45, 7) is 16.1. The molecule has 1 aliphatic heterocycles. The van der Waals surface area contributed by atoms with Crippen LogP contribution in [-0.4, -0.2) is 54.6 Å². The van der Waals surface area contributed by atoms with Crippen molar-refractivity contribution in [3.05, 3.63) is 0 Å². The minimum absolute atomic E-state index is 0.00499. The van der Waals surface area contributed by atoms with Crippen LogP contribution in [0.4, 0.5) is 0 Å². The number of piperazine rings is 1. The van der Waals surface area contributed by atoms with Crippen LogP contribution in [-0.2, 0) is 0 Å². The highest BCUT2D eigenvalue weighted by molar-refractivity contribution is 4.84. The van der Waals surface area contributed by atoms with Crippen LogP contribution in [0.1, 0.15) is 40.5 Å². The Labute approximate surface area is 107 Å². The lowest BCUT2D eigenvalue weighted by Gasteiger charge is -2.39. The van der Waals surface area contributed by atoms with Gasteiger partial charge >= 0.3 is 0 Å². The summed E-state index contributed by atoms with van der Waals surface area (Å²) in [7, 11) is 0. The monoisotopic (exact) mass is 241 g/mol. The van der Waals surface area contributed by atoms with Gasteiger partial charge in [0.2, 0.25) is 0 Å². The van der Waals surface area contributed by atoms with Crippen molar-refractivity contribution in [1.29, 1.82) is 0 Å². The average Bonchev–Trinajstić information content (AvgIpc) is 2.19. The number of hydrogen-bond acceptors (Lipinski definition) is 3. The minimum atomic E-state index is -0.00499. The van der Waals surface area contributed by atoms with Gasteiger partial charge < -0.3 is 10.6 Å². The van der Waals surface area contributed by atoms with E-state index in [1.54, 1.807) is 0 Å². The molecule has 0 saturated carbocycles. The molecule has 1 heterocycles. The number of nitrogens with two attached hydrogens (primary N) is 1. The SMILES string of the molecule is CCCC(C)(N)CN1CCN(CC(C)C)CC1. The van der Waals surface area contributed by atoms with Gasteiger partial charge in [0.1, 0.15) is 0 Å². The second-order valence-corrected chi connectivity index (χ2v) is 6.37. The van der Waals surface area contributed by atoms with E-state index in [2.05, 4.69) is 37.5 Å². The zero-order chi connectivity index (χ0) is 12.9. The zero-order valence-electron chi connectivity index (χ0n) is 12.2. The largest absolute Gasteiger partial charge is 0.324 e. The van der Waals surface area contributed by atoms with Crippen LogP contribution in [0.5, 0.6) is 0 Å². The minimum Gasteiger partial charge on any atom is -0.324 e. The van der Waals surface area contributed by atoms with E-state index in [0.717, 1.165) is 18.9 Å². The maximum absolute atomic E-state index is 6.32. The molecule has 3 heteroatoms. The Balaban J connectivity index is 2.27. The van der Waals surface area contributed by atoms with Crippen LogP contribution in [0, 0.1) is 5.92 Å². The molecule has 1 saturated heterocycles. The summed E-state index contributed by atoms with van der Waals surface area (Å²) >= 11 is 0. The lowest BCUT2D eigenvalue weighted by molar-refractivity contribution is 0.103. The molecule has 0 aliphatic carbocycles. The van der Waals surface area contributed by atoms with Gasteiger partial charge in [0, 0.05) is 44.8 Å². The molecule has 0 radical (unpaired) electrons. The third kappa shape index (κ3) is 5.84. The van der Waals surface area contributed by atoms with E-state index in [4.69, 9.17) is 5.73 Å². The fourth-order valence-electron chi connectivity index (χ4n) is 2.81. The third-order valence-electron chi connectivity index (χ3n) is 3.49. The molecule has 0 aromatic carbocycles. The smallest absolute Gasteiger partial charge is 0.0254 e. The second-order valence-electron chi connectivity index (χ2n) is 6.37. The summed E-state index contributed by atoms with van der Waals surface area (Å²) in [5.41, 5.74) is 6.31. The van der Waals surface area contributed by atoms with Gasteiger partial charge in [-0.2, -0.15) is 0 Å². The number of nitrogens with zero attached hydrogens (tertiary/aromatic N) is 2. The molecule has 1 rings (SSSR count). The van der Waals surface area contributed by atoms with E-state index in [9.17, 15) is 0 Å². The van der Waals surface area contributed by atoms with E-state index in [1.807, 2.05) is 0 Å². The van der Waals surface area contributed by atoms with E-state index in [1.165, 1.54) is 39.1 Å². The van der Waals surface area contributed by atoms with Crippen LogP contribution >= 0.6 is 0 Å². The first-order chi connectivity index (χ1) is 7.93. The van der Waals surface area contributed by atoms with Crippen LogP contribution in [0.2, 0.25) is 0 Å². The Bertz CT molecular complexity index is 206. The van der Waals surface area contributed by atoms with Crippen molar-refractivity contribution in [2.75, 3.05) is 39.3 Å². The van der Waals surface area contributed by atoms with Gasteiger partial charge in [-0.15, -0.1) is 0 Å². The highest BCUT2D eigenvalue weighted by atomic mass is 15.3. The molecule has 17 heavy (non-hydrogen) atoms. The molecule has 1 fully saturated rings. The second kappa shape index (κ2) is 6.72. The molecule has 0 aromatic heterocycles. The average molecular weight is 241 g/mol. The molecule has 1 aliphatic rings. The van der Waals surface area contributed by atoms with E-state index in [0.29, 0.717) is 0 Å². The molecule has 1 atom stereocenters. The van der Waals surface area contributed by atoms with Gasteiger partial charge in [0.15, 0.2) is 0 Å². The lowest BCUT2D eigenvalue weighted by atomic mass is 9.96. The van der Waals surface area contributed by atoms with E-state index in [-0.39, 0.29) is 5.54 Å². The van der Waals surface area contributed by atoms with Gasteiger partial charge in [-0.25, -0.2) is 0 Å². The predicted molar refractivity (Wildman–Crippen MR) is 75.2 cm³/mol. The fraction of sp³-hybridized carbons (Fsp3) is 1.00. The Morgan fingerprint density at radius 3 is 2.12 bits per heavy atom.